The summed E-state index contributed by atoms with van der Waals surface area (Å²) >= 11 is 0. The lowest BCUT2D eigenvalue weighted by atomic mass is 10.1. The predicted octanol–water partition coefficient (Wildman–Crippen LogP) is 5.39. The first-order valence-corrected chi connectivity index (χ1v) is 11.1. The molecule has 0 unspecified atom stereocenters. The van der Waals surface area contributed by atoms with Gasteiger partial charge in [-0.25, -0.2) is 9.78 Å². The fraction of sp³-hybridized carbons (Fsp3) is 0.148. The van der Waals surface area contributed by atoms with Gasteiger partial charge in [0, 0.05) is 18.9 Å². The molecule has 0 aliphatic rings. The van der Waals surface area contributed by atoms with E-state index in [1.54, 1.807) is 24.3 Å². The minimum atomic E-state index is -1.12. The van der Waals surface area contributed by atoms with Crippen LogP contribution in [0.1, 0.15) is 27.6 Å². The van der Waals surface area contributed by atoms with E-state index >= 15 is 0 Å². The van der Waals surface area contributed by atoms with Crippen LogP contribution in [0.5, 0.6) is 17.4 Å². The van der Waals surface area contributed by atoms with Crippen LogP contribution in [0.25, 0.3) is 10.8 Å². The van der Waals surface area contributed by atoms with E-state index in [0.29, 0.717) is 31.5 Å². The predicted molar refractivity (Wildman–Crippen MR) is 132 cm³/mol. The first kappa shape index (κ1) is 23.7. The zero-order chi connectivity index (χ0) is 24.6. The molecule has 0 saturated carbocycles. The van der Waals surface area contributed by atoms with Gasteiger partial charge in [0.05, 0.1) is 23.4 Å². The van der Waals surface area contributed by atoms with E-state index in [1.807, 2.05) is 43.3 Å². The van der Waals surface area contributed by atoms with E-state index in [1.165, 1.54) is 18.3 Å². The molecular weight excluding hydrogens is 448 g/mol. The Bertz CT molecular complexity index is 1340. The summed E-state index contributed by atoms with van der Waals surface area (Å²) in [6.45, 7) is 3.65. The van der Waals surface area contributed by atoms with Crippen molar-refractivity contribution in [3.8, 4) is 17.4 Å². The highest BCUT2D eigenvalue weighted by Crippen LogP contribution is 2.27. The molecule has 8 heteroatoms. The number of anilines is 1. The molecule has 0 saturated heterocycles. The van der Waals surface area contributed by atoms with Crippen molar-refractivity contribution in [1.82, 2.24) is 4.98 Å². The number of amides is 1. The number of para-hydroxylation sites is 1. The summed E-state index contributed by atoms with van der Waals surface area (Å²) in [6, 6.07) is 20.8. The fourth-order valence-corrected chi connectivity index (χ4v) is 3.39. The van der Waals surface area contributed by atoms with Crippen LogP contribution < -0.4 is 14.8 Å². The van der Waals surface area contributed by atoms with Crippen molar-refractivity contribution < 1.29 is 28.9 Å². The van der Waals surface area contributed by atoms with Gasteiger partial charge < -0.3 is 24.6 Å². The Morgan fingerprint density at radius 1 is 0.914 bits per heavy atom. The van der Waals surface area contributed by atoms with Crippen LogP contribution >= 0.6 is 0 Å². The molecule has 4 rings (SSSR count). The van der Waals surface area contributed by atoms with Crippen molar-refractivity contribution in [2.45, 2.75) is 6.92 Å². The van der Waals surface area contributed by atoms with Gasteiger partial charge >= 0.3 is 5.97 Å². The minimum absolute atomic E-state index is 0.00857. The number of fused-ring (bicyclic) bond motifs is 1. The number of rotatable bonds is 10. The van der Waals surface area contributed by atoms with Gasteiger partial charge in [-0.05, 0) is 60.2 Å². The molecule has 1 heterocycles. The van der Waals surface area contributed by atoms with Gasteiger partial charge in [-0.2, -0.15) is 0 Å². The monoisotopic (exact) mass is 472 g/mol. The van der Waals surface area contributed by atoms with Crippen LogP contribution in [0.3, 0.4) is 0 Å². The molecule has 0 aliphatic carbocycles. The number of carboxylic acids is 1. The molecule has 0 bridgehead atoms. The summed E-state index contributed by atoms with van der Waals surface area (Å²) < 4.78 is 16.8. The molecule has 0 spiro atoms. The van der Waals surface area contributed by atoms with Crippen LogP contribution in [-0.2, 0) is 4.74 Å². The molecule has 0 fully saturated rings. The Kier molecular flexibility index (Phi) is 7.54. The molecule has 8 nitrogen and oxygen atoms in total. The number of aromatic nitrogens is 1. The molecule has 1 amide bonds. The highest BCUT2D eigenvalue weighted by atomic mass is 16.5. The maximum atomic E-state index is 12.5. The molecule has 0 aliphatic heterocycles. The van der Waals surface area contributed by atoms with Crippen molar-refractivity contribution >= 4 is 28.3 Å². The summed E-state index contributed by atoms with van der Waals surface area (Å²) in [5.74, 6) is 0.101. The molecule has 2 N–H and O–H groups in total. The van der Waals surface area contributed by atoms with Gasteiger partial charge in [-0.15, -0.1) is 0 Å². The first-order chi connectivity index (χ1) is 17.0. The molecule has 3 aromatic carbocycles. The second-order valence-corrected chi connectivity index (χ2v) is 7.51. The van der Waals surface area contributed by atoms with E-state index in [9.17, 15) is 14.7 Å². The van der Waals surface area contributed by atoms with Crippen molar-refractivity contribution in [2.75, 3.05) is 25.1 Å². The summed E-state index contributed by atoms with van der Waals surface area (Å²) in [6.07, 6.45) is 1.38. The number of carbonyl (C=O) groups is 2. The zero-order valence-corrected chi connectivity index (χ0v) is 19.1. The molecular formula is C27H24N2O6. The number of hydrogen-bond donors (Lipinski definition) is 2. The zero-order valence-electron chi connectivity index (χ0n) is 19.1. The SMILES string of the molecule is CCOCCOc1ccc2cc(Oc3ccc(C(=O)Nc4ccccc4C(=O)O)cn3)ccc2c1. The van der Waals surface area contributed by atoms with Crippen molar-refractivity contribution in [1.29, 1.82) is 0 Å². The smallest absolute Gasteiger partial charge is 0.337 e. The van der Waals surface area contributed by atoms with E-state index in [0.717, 1.165) is 16.5 Å². The summed E-state index contributed by atoms with van der Waals surface area (Å²) in [5, 5.41) is 13.9. The third-order valence-corrected chi connectivity index (χ3v) is 5.11. The molecule has 35 heavy (non-hydrogen) atoms. The van der Waals surface area contributed by atoms with Gasteiger partial charge in [0.1, 0.15) is 18.1 Å². The van der Waals surface area contributed by atoms with Crippen molar-refractivity contribution in [3.05, 3.63) is 90.1 Å². The Morgan fingerprint density at radius 3 is 2.37 bits per heavy atom. The number of nitrogens with one attached hydrogen (secondary N) is 1. The topological polar surface area (TPSA) is 107 Å². The highest BCUT2D eigenvalue weighted by molar-refractivity contribution is 6.07. The second-order valence-electron chi connectivity index (χ2n) is 7.51. The van der Waals surface area contributed by atoms with Gasteiger partial charge in [0.25, 0.3) is 5.91 Å². The number of carboxylic acid groups (broad SMARTS) is 1. The lowest BCUT2D eigenvalue weighted by molar-refractivity contribution is 0.0698. The molecule has 0 radical (unpaired) electrons. The average Bonchev–Trinajstić information content (AvgIpc) is 2.87. The van der Waals surface area contributed by atoms with E-state index in [2.05, 4.69) is 10.3 Å². The number of aromatic carboxylic acids is 1. The van der Waals surface area contributed by atoms with Crippen LogP contribution in [0, 0.1) is 0 Å². The Labute approximate surface area is 202 Å². The highest BCUT2D eigenvalue weighted by Gasteiger charge is 2.13. The Balaban J connectivity index is 1.40. The summed E-state index contributed by atoms with van der Waals surface area (Å²) in [5.41, 5.74) is 0.492. The van der Waals surface area contributed by atoms with Gasteiger partial charge in [0.15, 0.2) is 0 Å². The van der Waals surface area contributed by atoms with Gasteiger partial charge in [-0.3, -0.25) is 4.79 Å². The third kappa shape index (κ3) is 6.13. The number of benzene rings is 3. The maximum Gasteiger partial charge on any atom is 0.337 e. The fourth-order valence-electron chi connectivity index (χ4n) is 3.39. The minimum Gasteiger partial charge on any atom is -0.491 e. The lowest BCUT2D eigenvalue weighted by Gasteiger charge is -2.10. The number of hydrogen-bond acceptors (Lipinski definition) is 6. The summed E-state index contributed by atoms with van der Waals surface area (Å²) in [4.78, 5) is 28.1. The van der Waals surface area contributed by atoms with Crippen LogP contribution in [-0.4, -0.2) is 41.8 Å². The van der Waals surface area contributed by atoms with E-state index in [4.69, 9.17) is 14.2 Å². The summed E-state index contributed by atoms with van der Waals surface area (Å²) in [7, 11) is 0. The van der Waals surface area contributed by atoms with E-state index in [-0.39, 0.29) is 16.8 Å². The maximum absolute atomic E-state index is 12.5. The number of pyridine rings is 1. The van der Waals surface area contributed by atoms with Crippen molar-refractivity contribution in [2.24, 2.45) is 0 Å². The molecule has 1 aromatic heterocycles. The lowest BCUT2D eigenvalue weighted by Crippen LogP contribution is -2.15. The van der Waals surface area contributed by atoms with Crippen LogP contribution in [0.4, 0.5) is 5.69 Å². The van der Waals surface area contributed by atoms with Gasteiger partial charge in [-0.1, -0.05) is 24.3 Å². The second kappa shape index (κ2) is 11.1. The molecule has 0 atom stereocenters. The Morgan fingerprint density at radius 2 is 1.66 bits per heavy atom. The molecule has 4 aromatic rings. The quantitative estimate of drug-likeness (QED) is 0.298. The number of nitrogens with zero attached hydrogens (tertiary/aromatic N) is 1. The van der Waals surface area contributed by atoms with Gasteiger partial charge in [0.2, 0.25) is 5.88 Å². The standard InChI is InChI=1S/C27H24N2O6/c1-2-33-13-14-34-21-10-7-19-16-22(11-8-18(19)15-21)35-25-12-9-20(17-28-25)26(30)29-24-6-4-3-5-23(24)27(31)32/h3-12,15-17H,2,13-14H2,1H3,(H,29,30)(H,31,32). The molecule has 178 valence electrons. The number of ether oxygens (including phenoxy) is 3. The van der Waals surface area contributed by atoms with Crippen LogP contribution in [0.2, 0.25) is 0 Å². The van der Waals surface area contributed by atoms with Crippen LogP contribution in [0.15, 0.2) is 79.0 Å². The number of carbonyl (C=O) groups excluding carboxylic acids is 1. The first-order valence-electron chi connectivity index (χ1n) is 11.1. The normalized spacial score (nSPS) is 10.7. The third-order valence-electron chi connectivity index (χ3n) is 5.11. The van der Waals surface area contributed by atoms with Crippen molar-refractivity contribution in [3.63, 3.8) is 0 Å². The van der Waals surface area contributed by atoms with E-state index < -0.39 is 11.9 Å². The average molecular weight is 472 g/mol. The largest absolute Gasteiger partial charge is 0.491 e. The Hall–Kier alpha value is -4.43.